The van der Waals surface area contributed by atoms with Gasteiger partial charge in [-0.3, -0.25) is 0 Å². The number of aliphatic hydroxyl groups excluding tert-OH is 1. The highest BCUT2D eigenvalue weighted by atomic mass is 16.3. The van der Waals surface area contributed by atoms with Crippen molar-refractivity contribution < 1.29 is 5.11 Å². The lowest BCUT2D eigenvalue weighted by molar-refractivity contribution is 0.124. The van der Waals surface area contributed by atoms with Gasteiger partial charge < -0.3 is 20.3 Å². The van der Waals surface area contributed by atoms with Crippen molar-refractivity contribution in [3.63, 3.8) is 0 Å². The summed E-state index contributed by atoms with van der Waals surface area (Å²) in [5, 5.41) is 18.9. The fraction of sp³-hybridized carbons (Fsp3) is 0.300. The van der Waals surface area contributed by atoms with Gasteiger partial charge in [-0.15, -0.1) is 0 Å². The molecule has 1 aromatic heterocycles. The number of aromatic nitrogens is 2. The van der Waals surface area contributed by atoms with E-state index in [4.69, 9.17) is 16.0 Å². The van der Waals surface area contributed by atoms with Gasteiger partial charge in [-0.1, -0.05) is 24.3 Å². The zero-order valence-electron chi connectivity index (χ0n) is 14.4. The highest BCUT2D eigenvalue weighted by molar-refractivity contribution is 5.79. The fourth-order valence-electron chi connectivity index (χ4n) is 3.48. The molecule has 1 saturated heterocycles. The van der Waals surface area contributed by atoms with Crippen LogP contribution in [0.3, 0.4) is 0 Å². The summed E-state index contributed by atoms with van der Waals surface area (Å²) in [5.41, 5.74) is 9.84. The molecule has 0 radical (unpaired) electrons. The number of nitrogens with two attached hydrogens (primary N) is 1. The van der Waals surface area contributed by atoms with Crippen molar-refractivity contribution in [2.75, 3.05) is 18.0 Å². The highest BCUT2D eigenvalue weighted by Crippen LogP contribution is 2.26. The fourth-order valence-corrected chi connectivity index (χ4v) is 3.48. The van der Waals surface area contributed by atoms with E-state index in [0.717, 1.165) is 29.1 Å². The maximum atomic E-state index is 9.93. The third-order valence-electron chi connectivity index (χ3n) is 4.96. The third kappa shape index (κ3) is 3.03. The number of nitriles is 1. The minimum absolute atomic E-state index is 0.271. The number of hydrogen-bond acceptors (Lipinski definition) is 5. The first-order chi connectivity index (χ1) is 12.7. The molecule has 0 unspecified atom stereocenters. The maximum absolute atomic E-state index is 9.93. The van der Waals surface area contributed by atoms with Crippen molar-refractivity contribution in [3.05, 3.63) is 59.7 Å². The second kappa shape index (κ2) is 6.79. The number of hydrogen-bond donors (Lipinski definition) is 2. The molecule has 2 aromatic carbocycles. The summed E-state index contributed by atoms with van der Waals surface area (Å²) in [6, 6.07) is 17.6. The Labute approximate surface area is 152 Å². The largest absolute Gasteiger partial charge is 0.391 e. The molecule has 1 aliphatic rings. The van der Waals surface area contributed by atoms with Crippen molar-refractivity contribution in [2.45, 2.75) is 25.1 Å². The van der Waals surface area contributed by atoms with Crippen LogP contribution in [0.5, 0.6) is 0 Å². The number of para-hydroxylation sites is 2. The Balaban J connectivity index is 1.73. The number of anilines is 1. The van der Waals surface area contributed by atoms with E-state index >= 15 is 0 Å². The SMILES string of the molecule is N#Cc1ccc(Cn2c(N3CC[C@@H](O)[C@H](N)C3)nc3ccccc32)cc1. The average molecular weight is 347 g/mol. The molecule has 0 spiro atoms. The molecule has 3 aromatic rings. The van der Waals surface area contributed by atoms with Crippen LogP contribution >= 0.6 is 0 Å². The van der Waals surface area contributed by atoms with Crippen LogP contribution in [0, 0.1) is 11.3 Å². The van der Waals surface area contributed by atoms with Crippen LogP contribution < -0.4 is 10.6 Å². The molecule has 2 atom stereocenters. The van der Waals surface area contributed by atoms with Crippen LogP contribution in [0.4, 0.5) is 5.95 Å². The molecule has 0 amide bonds. The van der Waals surface area contributed by atoms with Gasteiger partial charge in [0.1, 0.15) is 0 Å². The number of fused-ring (bicyclic) bond motifs is 1. The Kier molecular flexibility index (Phi) is 4.33. The van der Waals surface area contributed by atoms with Crippen LogP contribution in [-0.2, 0) is 6.54 Å². The third-order valence-corrected chi connectivity index (χ3v) is 4.96. The standard InChI is InChI=1S/C20H21N5O/c21-11-14-5-7-15(8-6-14)12-25-18-4-2-1-3-17(18)23-20(25)24-10-9-19(26)16(22)13-24/h1-8,16,19,26H,9-10,12-13,22H2/t16-,19-/m1/s1. The lowest BCUT2D eigenvalue weighted by atomic mass is 10.0. The maximum Gasteiger partial charge on any atom is 0.206 e. The van der Waals surface area contributed by atoms with Gasteiger partial charge >= 0.3 is 0 Å². The molecule has 3 N–H and O–H groups in total. The molecular weight excluding hydrogens is 326 g/mol. The van der Waals surface area contributed by atoms with Crippen LogP contribution in [0.2, 0.25) is 0 Å². The van der Waals surface area contributed by atoms with E-state index in [0.29, 0.717) is 25.1 Å². The average Bonchev–Trinajstić information content (AvgIpc) is 3.03. The van der Waals surface area contributed by atoms with Gasteiger partial charge in [0.25, 0.3) is 0 Å². The molecule has 1 fully saturated rings. The minimum atomic E-state index is -0.456. The lowest BCUT2D eigenvalue weighted by Crippen LogP contribution is -2.52. The molecule has 132 valence electrons. The van der Waals surface area contributed by atoms with E-state index in [-0.39, 0.29) is 6.04 Å². The van der Waals surface area contributed by atoms with Crippen molar-refractivity contribution in [1.82, 2.24) is 9.55 Å². The zero-order valence-corrected chi connectivity index (χ0v) is 14.4. The highest BCUT2D eigenvalue weighted by Gasteiger charge is 2.28. The predicted octanol–water partition coefficient (Wildman–Crippen LogP) is 1.85. The monoisotopic (exact) mass is 347 g/mol. The number of piperidine rings is 1. The van der Waals surface area contributed by atoms with Gasteiger partial charge in [-0.25, -0.2) is 4.98 Å². The quantitative estimate of drug-likeness (QED) is 0.754. The number of benzene rings is 2. The minimum Gasteiger partial charge on any atom is -0.391 e. The van der Waals surface area contributed by atoms with Crippen LogP contribution in [0.1, 0.15) is 17.5 Å². The first kappa shape index (κ1) is 16.6. The Morgan fingerprint density at radius 3 is 2.69 bits per heavy atom. The van der Waals surface area contributed by atoms with E-state index in [1.807, 2.05) is 42.5 Å². The van der Waals surface area contributed by atoms with Crippen LogP contribution in [0.25, 0.3) is 11.0 Å². The van der Waals surface area contributed by atoms with E-state index in [1.54, 1.807) is 0 Å². The van der Waals surface area contributed by atoms with Crippen molar-refractivity contribution >= 4 is 17.0 Å². The number of aliphatic hydroxyl groups is 1. The molecule has 0 saturated carbocycles. The Bertz CT molecular complexity index is 956. The molecule has 2 heterocycles. The first-order valence-corrected chi connectivity index (χ1v) is 8.78. The number of nitrogens with zero attached hydrogens (tertiary/aromatic N) is 4. The van der Waals surface area contributed by atoms with E-state index < -0.39 is 6.10 Å². The van der Waals surface area contributed by atoms with Gasteiger partial charge in [-0.2, -0.15) is 5.26 Å². The second-order valence-corrected chi connectivity index (χ2v) is 6.76. The van der Waals surface area contributed by atoms with Crippen LogP contribution in [0.15, 0.2) is 48.5 Å². The van der Waals surface area contributed by atoms with E-state index in [1.165, 1.54) is 0 Å². The normalized spacial score (nSPS) is 20.3. The lowest BCUT2D eigenvalue weighted by Gasteiger charge is -2.35. The topological polar surface area (TPSA) is 91.1 Å². The van der Waals surface area contributed by atoms with Crippen molar-refractivity contribution in [1.29, 1.82) is 5.26 Å². The summed E-state index contributed by atoms with van der Waals surface area (Å²) in [6.45, 7) is 1.97. The smallest absolute Gasteiger partial charge is 0.206 e. The number of rotatable bonds is 3. The Morgan fingerprint density at radius 2 is 1.96 bits per heavy atom. The molecule has 6 nitrogen and oxygen atoms in total. The molecule has 0 bridgehead atoms. The van der Waals surface area contributed by atoms with Crippen molar-refractivity contribution in [3.8, 4) is 6.07 Å². The summed E-state index contributed by atoms with van der Waals surface area (Å²) in [4.78, 5) is 6.98. The van der Waals surface area contributed by atoms with Crippen LogP contribution in [-0.4, -0.2) is 39.9 Å². The second-order valence-electron chi connectivity index (χ2n) is 6.76. The van der Waals surface area contributed by atoms with Gasteiger partial charge in [-0.05, 0) is 36.2 Å². The molecule has 4 rings (SSSR count). The van der Waals surface area contributed by atoms with Gasteiger partial charge in [0.15, 0.2) is 0 Å². The summed E-state index contributed by atoms with van der Waals surface area (Å²) in [6.07, 6.45) is 0.184. The Hall–Kier alpha value is -2.88. The van der Waals surface area contributed by atoms with Gasteiger partial charge in [0.2, 0.25) is 5.95 Å². The molecule has 0 aliphatic carbocycles. The summed E-state index contributed by atoms with van der Waals surface area (Å²) in [7, 11) is 0. The van der Waals surface area contributed by atoms with Crippen molar-refractivity contribution in [2.24, 2.45) is 5.73 Å². The van der Waals surface area contributed by atoms with Gasteiger partial charge in [0, 0.05) is 19.1 Å². The summed E-state index contributed by atoms with van der Waals surface area (Å²) >= 11 is 0. The molecular formula is C20H21N5O. The molecule has 6 heteroatoms. The Morgan fingerprint density at radius 1 is 1.19 bits per heavy atom. The first-order valence-electron chi connectivity index (χ1n) is 8.78. The predicted molar refractivity (Wildman–Crippen MR) is 101 cm³/mol. The molecule has 26 heavy (non-hydrogen) atoms. The molecule has 1 aliphatic heterocycles. The summed E-state index contributed by atoms with van der Waals surface area (Å²) < 4.78 is 2.18. The zero-order chi connectivity index (χ0) is 18.1. The number of imidazole rings is 1. The van der Waals surface area contributed by atoms with E-state index in [9.17, 15) is 5.11 Å². The summed E-state index contributed by atoms with van der Waals surface area (Å²) in [5.74, 6) is 0.873. The van der Waals surface area contributed by atoms with E-state index in [2.05, 4.69) is 21.6 Å². The van der Waals surface area contributed by atoms with Gasteiger partial charge in [0.05, 0.1) is 35.3 Å².